The van der Waals surface area contributed by atoms with E-state index >= 15 is 0 Å². The van der Waals surface area contributed by atoms with Crippen LogP contribution in [0.5, 0.6) is 0 Å². The molecule has 0 saturated heterocycles. The summed E-state index contributed by atoms with van der Waals surface area (Å²) in [5.74, 6) is 0.465. The number of thioether (sulfide) groups is 1. The van der Waals surface area contributed by atoms with Gasteiger partial charge in [0.1, 0.15) is 11.9 Å². The number of esters is 1. The van der Waals surface area contributed by atoms with Crippen molar-refractivity contribution in [2.45, 2.75) is 116 Å². The maximum atomic E-state index is 13.6. The molecular weight excluding hydrogens is 530 g/mol. The number of hydrogen-bond acceptors (Lipinski definition) is 6. The average Bonchev–Trinajstić information content (AvgIpc) is 3.57. The van der Waals surface area contributed by atoms with Crippen molar-refractivity contribution in [3.8, 4) is 0 Å². The third-order valence-corrected chi connectivity index (χ3v) is 13.5. The Bertz CT molecular complexity index is 1130. The lowest BCUT2D eigenvalue weighted by atomic mass is 9.44. The molecule has 0 radical (unpaired) electrons. The fraction of sp³-hybridized carbons (Fsp3) is 0.714. The highest BCUT2D eigenvalue weighted by Gasteiger charge is 2.68. The summed E-state index contributed by atoms with van der Waals surface area (Å²) in [6, 6.07) is 11.3. The Kier molecular flexibility index (Phi) is 8.87. The van der Waals surface area contributed by atoms with Gasteiger partial charge in [0.05, 0.1) is 11.9 Å². The van der Waals surface area contributed by atoms with E-state index in [1.807, 2.05) is 12.1 Å². The Morgan fingerprint density at radius 2 is 1.93 bits per heavy atom. The number of Topliss-reactive ketones (excluding diaryl/α,β-unsaturated/α-hetero) is 1. The van der Waals surface area contributed by atoms with Gasteiger partial charge in [-0.3, -0.25) is 9.59 Å². The van der Waals surface area contributed by atoms with E-state index in [2.05, 4.69) is 70.8 Å². The van der Waals surface area contributed by atoms with Crippen LogP contribution in [-0.4, -0.2) is 46.1 Å². The summed E-state index contributed by atoms with van der Waals surface area (Å²) in [6.45, 7) is 15.0. The van der Waals surface area contributed by atoms with E-state index in [9.17, 15) is 14.7 Å². The van der Waals surface area contributed by atoms with Crippen molar-refractivity contribution in [2.75, 3.05) is 5.75 Å². The summed E-state index contributed by atoms with van der Waals surface area (Å²) in [7, 11) is 0. The molecule has 41 heavy (non-hydrogen) atoms. The van der Waals surface area contributed by atoms with Gasteiger partial charge in [0, 0.05) is 40.5 Å². The molecule has 0 aliphatic heterocycles. The first-order chi connectivity index (χ1) is 19.4. The SMILES string of the molecule is C=C[C@]1(C)C[C@@H](OC(=O)CSC2CCC(NC(C)c3ccccc3)C2)[C@]2(C)[C@H](C)CCC3(CCC(=O)[C@H]32)[C@@H](C)[C@@H]1O. The summed E-state index contributed by atoms with van der Waals surface area (Å²) in [5.41, 5.74) is -0.00226. The highest BCUT2D eigenvalue weighted by molar-refractivity contribution is 8.00. The molecule has 226 valence electrons. The topological polar surface area (TPSA) is 75.6 Å². The number of benzene rings is 1. The number of aliphatic hydroxyl groups excluding tert-OH is 1. The van der Waals surface area contributed by atoms with Crippen LogP contribution in [0.4, 0.5) is 0 Å². The number of nitrogens with one attached hydrogen (secondary N) is 1. The first-order valence-corrected chi connectivity index (χ1v) is 17.0. The fourth-order valence-electron chi connectivity index (χ4n) is 9.31. The van der Waals surface area contributed by atoms with Crippen LogP contribution < -0.4 is 5.32 Å². The molecular formula is C35H51NO4S. The molecule has 4 fully saturated rings. The first-order valence-electron chi connectivity index (χ1n) is 15.9. The quantitative estimate of drug-likeness (QED) is 0.257. The highest BCUT2D eigenvalue weighted by Crippen LogP contribution is 2.68. The first kappa shape index (κ1) is 30.8. The molecule has 0 amide bonds. The van der Waals surface area contributed by atoms with Crippen molar-refractivity contribution in [3.05, 3.63) is 48.6 Å². The largest absolute Gasteiger partial charge is 0.461 e. The Hall–Kier alpha value is -1.63. The Balaban J connectivity index is 1.27. The number of hydrogen-bond donors (Lipinski definition) is 2. The minimum atomic E-state index is -0.636. The molecule has 4 saturated carbocycles. The van der Waals surface area contributed by atoms with E-state index in [1.54, 1.807) is 11.8 Å². The fourth-order valence-corrected chi connectivity index (χ4v) is 10.4. The number of carbonyl (C=O) groups excluding carboxylic acids is 2. The summed E-state index contributed by atoms with van der Waals surface area (Å²) in [5, 5.41) is 15.9. The zero-order chi connectivity index (χ0) is 29.6. The highest BCUT2D eigenvalue weighted by atomic mass is 32.2. The monoisotopic (exact) mass is 581 g/mol. The second kappa shape index (κ2) is 11.8. The van der Waals surface area contributed by atoms with Crippen LogP contribution in [-0.2, 0) is 14.3 Å². The van der Waals surface area contributed by atoms with Crippen LogP contribution >= 0.6 is 11.8 Å². The van der Waals surface area contributed by atoms with E-state index in [0.29, 0.717) is 41.7 Å². The molecule has 0 aromatic heterocycles. The lowest BCUT2D eigenvalue weighted by molar-refractivity contribution is -0.205. The normalized spacial score (nSPS) is 43.1. The van der Waals surface area contributed by atoms with Crippen molar-refractivity contribution in [1.82, 2.24) is 5.32 Å². The predicted octanol–water partition coefficient (Wildman–Crippen LogP) is 6.90. The molecule has 2 N–H and O–H groups in total. The summed E-state index contributed by atoms with van der Waals surface area (Å²) in [6.07, 6.45) is 7.85. The molecule has 5 rings (SSSR count). The average molecular weight is 582 g/mol. The Morgan fingerprint density at radius 1 is 1.20 bits per heavy atom. The maximum Gasteiger partial charge on any atom is 0.316 e. The lowest BCUT2D eigenvalue weighted by Gasteiger charge is -2.61. The zero-order valence-corrected chi connectivity index (χ0v) is 26.6. The van der Waals surface area contributed by atoms with E-state index in [1.165, 1.54) is 5.56 Å². The van der Waals surface area contributed by atoms with Crippen LogP contribution in [0.1, 0.15) is 97.6 Å². The van der Waals surface area contributed by atoms with Gasteiger partial charge in [-0.15, -0.1) is 18.3 Å². The van der Waals surface area contributed by atoms with Crippen molar-refractivity contribution >= 4 is 23.5 Å². The molecule has 1 aromatic carbocycles. The number of aliphatic hydroxyl groups is 1. The van der Waals surface area contributed by atoms with Crippen LogP contribution in [0.3, 0.4) is 0 Å². The van der Waals surface area contributed by atoms with Gasteiger partial charge in [-0.1, -0.05) is 64.1 Å². The molecule has 2 bridgehead atoms. The smallest absolute Gasteiger partial charge is 0.316 e. The minimum Gasteiger partial charge on any atom is -0.461 e. The molecule has 1 aromatic rings. The lowest BCUT2D eigenvalue weighted by Crippen LogP contribution is -2.63. The van der Waals surface area contributed by atoms with Crippen molar-refractivity contribution in [3.63, 3.8) is 0 Å². The van der Waals surface area contributed by atoms with Gasteiger partial charge in [0.15, 0.2) is 0 Å². The van der Waals surface area contributed by atoms with E-state index < -0.39 is 23.0 Å². The molecule has 0 heterocycles. The summed E-state index contributed by atoms with van der Waals surface area (Å²) >= 11 is 1.71. The number of carbonyl (C=O) groups is 2. The van der Waals surface area contributed by atoms with Crippen LogP contribution in [0.15, 0.2) is 43.0 Å². The van der Waals surface area contributed by atoms with Crippen LogP contribution in [0.2, 0.25) is 0 Å². The van der Waals surface area contributed by atoms with Gasteiger partial charge in [-0.2, -0.15) is 0 Å². The molecule has 4 aliphatic rings. The van der Waals surface area contributed by atoms with Crippen molar-refractivity contribution < 1.29 is 19.4 Å². The Labute approximate surface area is 251 Å². The van der Waals surface area contributed by atoms with Crippen molar-refractivity contribution in [2.24, 2.45) is 34.0 Å². The third-order valence-electron chi connectivity index (χ3n) is 12.2. The standard InChI is InChI=1S/C35H51NO4S/c1-7-33(5)20-29(34(6)22(2)15-17-35(23(3)32(33)39)18-16-28(37)31(34)35)40-30(38)21-41-27-14-13-26(19-27)36-24(4)25-11-9-8-10-12-25/h7-12,22-24,26-27,29,31-32,36,39H,1,13-21H2,2-6H3/t22-,23+,24?,26?,27?,29-,31+,32+,33-,34+,35?/m1/s1. The number of ketones is 1. The molecule has 6 heteroatoms. The summed E-state index contributed by atoms with van der Waals surface area (Å²) < 4.78 is 6.44. The molecule has 11 atom stereocenters. The van der Waals surface area contributed by atoms with Gasteiger partial charge in [0.2, 0.25) is 0 Å². The molecule has 0 spiro atoms. The molecule has 5 nitrogen and oxygen atoms in total. The molecule has 4 unspecified atom stereocenters. The Morgan fingerprint density at radius 3 is 2.63 bits per heavy atom. The summed E-state index contributed by atoms with van der Waals surface area (Å²) in [4.78, 5) is 27.1. The van der Waals surface area contributed by atoms with Gasteiger partial charge in [-0.25, -0.2) is 0 Å². The second-order valence-corrected chi connectivity index (χ2v) is 15.6. The van der Waals surface area contributed by atoms with Gasteiger partial charge in [0.25, 0.3) is 0 Å². The predicted molar refractivity (Wildman–Crippen MR) is 167 cm³/mol. The maximum absolute atomic E-state index is 13.6. The third kappa shape index (κ3) is 5.47. The minimum absolute atomic E-state index is 0.0190. The van der Waals surface area contributed by atoms with Crippen LogP contribution in [0, 0.1) is 34.0 Å². The number of ether oxygens (including phenoxy) is 1. The van der Waals surface area contributed by atoms with E-state index in [4.69, 9.17) is 4.74 Å². The number of rotatable bonds is 8. The zero-order valence-electron chi connectivity index (χ0n) is 25.7. The van der Waals surface area contributed by atoms with E-state index in [-0.39, 0.29) is 29.1 Å². The molecule has 4 aliphatic carbocycles. The van der Waals surface area contributed by atoms with Gasteiger partial charge in [-0.05, 0) is 74.7 Å². The second-order valence-electron chi connectivity index (χ2n) is 14.3. The van der Waals surface area contributed by atoms with Crippen LogP contribution in [0.25, 0.3) is 0 Å². The van der Waals surface area contributed by atoms with E-state index in [0.717, 1.165) is 38.5 Å². The van der Waals surface area contributed by atoms with Gasteiger partial charge < -0.3 is 15.2 Å². The van der Waals surface area contributed by atoms with Gasteiger partial charge >= 0.3 is 5.97 Å². The van der Waals surface area contributed by atoms with Crippen molar-refractivity contribution in [1.29, 1.82) is 0 Å².